The van der Waals surface area contributed by atoms with Crippen molar-refractivity contribution < 1.29 is 14.3 Å². The van der Waals surface area contributed by atoms with E-state index in [1.165, 1.54) is 30.6 Å². The Hall–Kier alpha value is -1.29. The monoisotopic (exact) mass is 421 g/mol. The minimum Gasteiger partial charge on any atom is -0.497 e. The molecule has 21 heavy (non-hydrogen) atoms. The molecule has 2 rings (SSSR count). The van der Waals surface area contributed by atoms with Crippen molar-refractivity contribution in [3.8, 4) is 5.75 Å². The zero-order valence-electron chi connectivity index (χ0n) is 11.8. The van der Waals surface area contributed by atoms with Crippen LogP contribution in [0.2, 0.25) is 0 Å². The Kier molecular flexibility index (Phi) is 6.46. The van der Waals surface area contributed by atoms with Crippen LogP contribution in [0, 0.1) is 0 Å². The van der Waals surface area contributed by atoms with Crippen molar-refractivity contribution in [1.82, 2.24) is 10.3 Å². The number of hydrazone groups is 1. The van der Waals surface area contributed by atoms with Gasteiger partial charge in [-0.25, -0.2) is 5.01 Å². The van der Waals surface area contributed by atoms with E-state index in [1.807, 2.05) is 24.3 Å². The number of nitrogens with zero attached hydrogens (tertiary/aromatic N) is 2. The second-order valence-corrected chi connectivity index (χ2v) is 5.26. The number of nitrogens with one attached hydrogen (secondary N) is 1. The normalized spacial score (nSPS) is 16.8. The third kappa shape index (κ3) is 4.34. The van der Waals surface area contributed by atoms with Crippen LogP contribution in [0.1, 0.15) is 24.8 Å². The minimum absolute atomic E-state index is 0. The number of hydrogen-bond donors (Lipinski definition) is 1. The van der Waals surface area contributed by atoms with Gasteiger partial charge in [0.1, 0.15) is 11.1 Å². The van der Waals surface area contributed by atoms with Crippen molar-refractivity contribution in [2.24, 2.45) is 5.10 Å². The minimum atomic E-state index is -0.278. The van der Waals surface area contributed by atoms with Gasteiger partial charge in [0.25, 0.3) is 0 Å². The summed E-state index contributed by atoms with van der Waals surface area (Å²) >= 11 is 1.32. The summed E-state index contributed by atoms with van der Waals surface area (Å²) in [6.07, 6.45) is 0. The summed E-state index contributed by atoms with van der Waals surface area (Å²) in [6.45, 7) is 2.85. The van der Waals surface area contributed by atoms with E-state index >= 15 is 0 Å². The molecule has 1 unspecified atom stereocenters. The van der Waals surface area contributed by atoms with Gasteiger partial charge in [-0.2, -0.15) is 0 Å². The van der Waals surface area contributed by atoms with E-state index in [0.717, 1.165) is 11.3 Å². The molecule has 0 radical (unpaired) electrons. The Bertz CT molecular complexity index is 562. The summed E-state index contributed by atoms with van der Waals surface area (Å²) in [5.41, 5.74) is 0.912. The molecule has 0 fully saturated rings. The third-order valence-corrected chi connectivity index (χ3v) is 3.75. The first-order valence-corrected chi connectivity index (χ1v) is 6.86. The number of hydrogen-bond acceptors (Lipinski definition) is 5. The van der Waals surface area contributed by atoms with E-state index in [2.05, 4.69) is 10.4 Å². The van der Waals surface area contributed by atoms with Gasteiger partial charge in [-0.3, -0.25) is 9.59 Å². The van der Waals surface area contributed by atoms with E-state index in [9.17, 15) is 9.59 Å². The van der Waals surface area contributed by atoms with Gasteiger partial charge in [-0.15, -0.1) is 29.1 Å². The highest BCUT2D eigenvalue weighted by molar-refractivity contribution is 14.0. The molecule has 0 aromatic heterocycles. The van der Waals surface area contributed by atoms with E-state index in [0.29, 0.717) is 5.17 Å². The predicted octanol–water partition coefficient (Wildman–Crippen LogP) is 2.31. The van der Waals surface area contributed by atoms with Gasteiger partial charge in [0.2, 0.25) is 11.8 Å². The highest BCUT2D eigenvalue weighted by Crippen LogP contribution is 2.38. The molecule has 0 saturated heterocycles. The first kappa shape index (κ1) is 17.8. The summed E-state index contributed by atoms with van der Waals surface area (Å²) in [5, 5.41) is 8.24. The van der Waals surface area contributed by atoms with Gasteiger partial charge in [0.15, 0.2) is 5.17 Å². The van der Waals surface area contributed by atoms with E-state index in [1.54, 1.807) is 7.11 Å². The Labute approximate surface area is 144 Å². The molecule has 1 heterocycles. The van der Waals surface area contributed by atoms with Crippen LogP contribution in [-0.4, -0.2) is 29.1 Å². The molecule has 0 spiro atoms. The first-order valence-electron chi connectivity index (χ1n) is 5.98. The number of thioether (sulfide) groups is 1. The summed E-state index contributed by atoms with van der Waals surface area (Å²) in [5.74, 6) is 0.350. The van der Waals surface area contributed by atoms with Crippen LogP contribution in [0.25, 0.3) is 0 Å². The van der Waals surface area contributed by atoms with E-state index < -0.39 is 0 Å². The number of carbonyl (C=O) groups is 2. The van der Waals surface area contributed by atoms with Crippen LogP contribution in [-0.2, 0) is 9.59 Å². The largest absolute Gasteiger partial charge is 0.497 e. The van der Waals surface area contributed by atoms with E-state index in [4.69, 9.17) is 4.74 Å². The van der Waals surface area contributed by atoms with Gasteiger partial charge in [0, 0.05) is 13.8 Å². The van der Waals surface area contributed by atoms with Crippen molar-refractivity contribution >= 4 is 52.7 Å². The lowest BCUT2D eigenvalue weighted by atomic mass is 10.2. The smallest absolute Gasteiger partial charge is 0.241 e. The number of amidine groups is 1. The molecule has 0 aliphatic carbocycles. The number of benzene rings is 1. The SMILES string of the molecule is COc1ccc(C2SC(NC(C)=O)=NN2C(C)=O)cc1.I. The molecule has 1 atom stereocenters. The van der Waals surface area contributed by atoms with Crippen LogP contribution >= 0.6 is 35.7 Å². The third-order valence-electron chi connectivity index (χ3n) is 2.65. The Morgan fingerprint density at radius 1 is 1.29 bits per heavy atom. The Morgan fingerprint density at radius 3 is 2.38 bits per heavy atom. The summed E-state index contributed by atoms with van der Waals surface area (Å²) in [6, 6.07) is 7.40. The number of carbonyl (C=O) groups excluding carboxylic acids is 2. The molecule has 1 N–H and O–H groups in total. The van der Waals surface area contributed by atoms with Gasteiger partial charge in [-0.05, 0) is 17.7 Å². The number of halogens is 1. The van der Waals surface area contributed by atoms with Crippen molar-refractivity contribution in [1.29, 1.82) is 0 Å². The maximum Gasteiger partial charge on any atom is 0.241 e. The van der Waals surface area contributed by atoms with Crippen molar-refractivity contribution in [2.75, 3.05) is 7.11 Å². The van der Waals surface area contributed by atoms with Gasteiger partial charge in [0.05, 0.1) is 7.11 Å². The van der Waals surface area contributed by atoms with Gasteiger partial charge < -0.3 is 10.1 Å². The highest BCUT2D eigenvalue weighted by Gasteiger charge is 2.32. The molecule has 1 aliphatic heterocycles. The fourth-order valence-corrected chi connectivity index (χ4v) is 2.89. The average Bonchev–Trinajstić information content (AvgIpc) is 2.82. The molecular formula is C13H16IN3O3S. The molecule has 1 aromatic carbocycles. The topological polar surface area (TPSA) is 71.0 Å². The molecular weight excluding hydrogens is 405 g/mol. The number of amides is 2. The summed E-state index contributed by atoms with van der Waals surface area (Å²) < 4.78 is 5.11. The maximum atomic E-state index is 11.7. The lowest BCUT2D eigenvalue weighted by Gasteiger charge is -2.19. The zero-order chi connectivity index (χ0) is 14.7. The number of methoxy groups -OCH3 is 1. The Balaban J connectivity index is 0.00000220. The standard InChI is InChI=1S/C13H15N3O3S.HI/c1-8(17)14-13-15-16(9(2)18)12(20-13)10-4-6-11(19-3)7-5-10;/h4-7,12H,1-3H3,(H,14,15,17);1H. The van der Waals surface area contributed by atoms with Crippen molar-refractivity contribution in [3.63, 3.8) is 0 Å². The molecule has 1 aliphatic rings. The lowest BCUT2D eigenvalue weighted by molar-refractivity contribution is -0.129. The lowest BCUT2D eigenvalue weighted by Crippen LogP contribution is -2.25. The molecule has 114 valence electrons. The first-order chi connectivity index (χ1) is 9.51. The zero-order valence-corrected chi connectivity index (χ0v) is 15.0. The van der Waals surface area contributed by atoms with Crippen LogP contribution < -0.4 is 10.1 Å². The van der Waals surface area contributed by atoms with Crippen molar-refractivity contribution in [2.45, 2.75) is 19.2 Å². The predicted molar refractivity (Wildman–Crippen MR) is 92.5 cm³/mol. The molecule has 2 amide bonds. The van der Waals surface area contributed by atoms with Crippen LogP contribution in [0.4, 0.5) is 0 Å². The quantitative estimate of drug-likeness (QED) is 0.745. The fraction of sp³-hybridized carbons (Fsp3) is 0.308. The summed E-state index contributed by atoms with van der Waals surface area (Å²) in [7, 11) is 1.60. The molecule has 1 aromatic rings. The van der Waals surface area contributed by atoms with Crippen molar-refractivity contribution in [3.05, 3.63) is 29.8 Å². The molecule has 0 bridgehead atoms. The van der Waals surface area contributed by atoms with Gasteiger partial charge in [-0.1, -0.05) is 23.9 Å². The van der Waals surface area contributed by atoms with Crippen LogP contribution in [0.15, 0.2) is 29.4 Å². The number of rotatable bonds is 2. The fourth-order valence-electron chi connectivity index (χ4n) is 1.75. The number of ether oxygens (including phenoxy) is 1. The highest BCUT2D eigenvalue weighted by atomic mass is 127. The second kappa shape index (κ2) is 7.64. The average molecular weight is 421 g/mol. The second-order valence-electron chi connectivity index (χ2n) is 4.19. The molecule has 6 nitrogen and oxygen atoms in total. The molecule has 0 saturated carbocycles. The molecule has 8 heteroatoms. The maximum absolute atomic E-state index is 11.7. The van der Waals surface area contributed by atoms with Gasteiger partial charge >= 0.3 is 0 Å². The van der Waals surface area contributed by atoms with E-state index in [-0.39, 0.29) is 41.2 Å². The van der Waals surface area contributed by atoms with Crippen LogP contribution in [0.3, 0.4) is 0 Å². The Morgan fingerprint density at radius 2 is 1.90 bits per heavy atom. The summed E-state index contributed by atoms with van der Waals surface area (Å²) in [4.78, 5) is 22.7. The van der Waals surface area contributed by atoms with Crippen LogP contribution in [0.5, 0.6) is 5.75 Å².